The molecule has 0 spiro atoms. The van der Waals surface area contributed by atoms with Crippen LogP contribution in [0.1, 0.15) is 25.7 Å². The number of ether oxygens (including phenoxy) is 2. The Morgan fingerprint density at radius 2 is 1.80 bits per heavy atom. The van der Waals surface area contributed by atoms with Gasteiger partial charge in [-0.25, -0.2) is 4.98 Å². The van der Waals surface area contributed by atoms with Gasteiger partial charge in [-0.1, -0.05) is 36.6 Å². The van der Waals surface area contributed by atoms with Crippen LogP contribution in [0.15, 0.2) is 59.5 Å². The zero-order chi connectivity index (χ0) is 23.9. The summed E-state index contributed by atoms with van der Waals surface area (Å²) in [7, 11) is 1.63. The summed E-state index contributed by atoms with van der Waals surface area (Å²) in [6.45, 7) is 1.93. The van der Waals surface area contributed by atoms with Crippen LogP contribution in [0.2, 0.25) is 5.02 Å². The van der Waals surface area contributed by atoms with Crippen molar-refractivity contribution in [3.05, 3.63) is 70.1 Å². The van der Waals surface area contributed by atoms with Crippen LogP contribution in [-0.4, -0.2) is 46.8 Å². The molecule has 1 aliphatic heterocycles. The van der Waals surface area contributed by atoms with Crippen LogP contribution in [0, 0.1) is 0 Å². The largest absolute Gasteiger partial charge is 0.493 e. The Bertz CT molecular complexity index is 1420. The van der Waals surface area contributed by atoms with E-state index in [4.69, 9.17) is 21.1 Å². The predicted molar refractivity (Wildman–Crippen MR) is 140 cm³/mol. The van der Waals surface area contributed by atoms with Crippen molar-refractivity contribution in [2.75, 3.05) is 20.2 Å². The molecule has 0 atom stereocenters. The zero-order valence-corrected chi connectivity index (χ0v) is 21.0. The van der Waals surface area contributed by atoms with Crippen molar-refractivity contribution in [2.24, 2.45) is 0 Å². The summed E-state index contributed by atoms with van der Waals surface area (Å²) >= 11 is 7.39. The number of aromatic nitrogens is 2. The van der Waals surface area contributed by atoms with Gasteiger partial charge in [0.15, 0.2) is 11.5 Å². The van der Waals surface area contributed by atoms with Gasteiger partial charge in [0.2, 0.25) is 0 Å². The number of pyridine rings is 1. The van der Waals surface area contributed by atoms with E-state index < -0.39 is 0 Å². The standard InChI is InChI=1S/C27H26ClN3O3S/c1-33-24-14-20(10-11-23(24)34-21-15-30(16-21)19-4-2-3-5-19)31-13-12-22-25(27(31)32)35-26(29-22)17-6-8-18(28)9-7-17/h6-14,19,21H,2-5,15-16H2,1H3. The summed E-state index contributed by atoms with van der Waals surface area (Å²) in [4.78, 5) is 20.5. The normalized spacial score (nSPS) is 17.1. The molecular weight excluding hydrogens is 482 g/mol. The molecule has 2 aliphatic rings. The number of likely N-dealkylation sites (tertiary alicyclic amines) is 1. The van der Waals surface area contributed by atoms with Crippen molar-refractivity contribution in [1.82, 2.24) is 14.5 Å². The van der Waals surface area contributed by atoms with Gasteiger partial charge < -0.3 is 9.47 Å². The number of benzene rings is 2. The lowest BCUT2D eigenvalue weighted by molar-refractivity contribution is -0.00848. The SMILES string of the molecule is COc1cc(-n2ccc3nc(-c4ccc(Cl)cc4)sc3c2=O)ccc1OC1CN(C2CCCC2)C1. The molecule has 8 heteroatoms. The van der Waals surface area contributed by atoms with Crippen molar-refractivity contribution in [1.29, 1.82) is 0 Å². The molecule has 2 fully saturated rings. The summed E-state index contributed by atoms with van der Waals surface area (Å²) in [6, 6.07) is 15.7. The van der Waals surface area contributed by atoms with Crippen molar-refractivity contribution in [3.8, 4) is 27.8 Å². The van der Waals surface area contributed by atoms with Crippen LogP contribution < -0.4 is 15.0 Å². The van der Waals surface area contributed by atoms with Crippen LogP contribution in [0.25, 0.3) is 26.5 Å². The van der Waals surface area contributed by atoms with E-state index in [2.05, 4.69) is 9.88 Å². The lowest BCUT2D eigenvalue weighted by Crippen LogP contribution is -2.57. The third kappa shape index (κ3) is 4.33. The quantitative estimate of drug-likeness (QED) is 0.331. The molecule has 4 aromatic rings. The fraction of sp³-hybridized carbons (Fsp3) is 0.333. The van der Waals surface area contributed by atoms with Crippen LogP contribution in [-0.2, 0) is 0 Å². The van der Waals surface area contributed by atoms with Gasteiger partial charge in [0.05, 0.1) is 18.3 Å². The Morgan fingerprint density at radius 1 is 1.03 bits per heavy atom. The molecule has 0 unspecified atom stereocenters. The number of nitrogens with zero attached hydrogens (tertiary/aromatic N) is 3. The molecule has 3 heterocycles. The average Bonchev–Trinajstić information content (AvgIpc) is 3.53. The Kier molecular flexibility index (Phi) is 6.00. The third-order valence-corrected chi connectivity index (χ3v) is 8.34. The Morgan fingerprint density at radius 3 is 2.54 bits per heavy atom. The molecule has 0 amide bonds. The maximum Gasteiger partial charge on any atom is 0.274 e. The second kappa shape index (κ2) is 9.30. The van der Waals surface area contributed by atoms with E-state index >= 15 is 0 Å². The average molecular weight is 508 g/mol. The molecule has 0 N–H and O–H groups in total. The minimum absolute atomic E-state index is 0.109. The molecule has 6 nitrogen and oxygen atoms in total. The number of fused-ring (bicyclic) bond motifs is 1. The molecule has 0 radical (unpaired) electrons. The van der Waals surface area contributed by atoms with Gasteiger partial charge >= 0.3 is 0 Å². The number of methoxy groups -OCH3 is 1. The number of hydrogen-bond acceptors (Lipinski definition) is 6. The predicted octanol–water partition coefficient (Wildman–Crippen LogP) is 5.78. The first-order chi connectivity index (χ1) is 17.1. The van der Waals surface area contributed by atoms with E-state index in [0.29, 0.717) is 26.7 Å². The van der Waals surface area contributed by atoms with Crippen LogP contribution in [0.3, 0.4) is 0 Å². The first-order valence-electron chi connectivity index (χ1n) is 12.0. The highest BCUT2D eigenvalue weighted by Crippen LogP contribution is 2.34. The Balaban J connectivity index is 1.24. The van der Waals surface area contributed by atoms with Crippen molar-refractivity contribution in [2.45, 2.75) is 37.8 Å². The van der Waals surface area contributed by atoms with Gasteiger partial charge in [0.1, 0.15) is 15.8 Å². The molecule has 6 rings (SSSR count). The summed E-state index contributed by atoms with van der Waals surface area (Å²) in [5, 5.41) is 1.46. The van der Waals surface area contributed by atoms with Crippen molar-refractivity contribution in [3.63, 3.8) is 0 Å². The zero-order valence-electron chi connectivity index (χ0n) is 19.4. The van der Waals surface area contributed by atoms with Gasteiger partial charge in [-0.05, 0) is 43.2 Å². The monoisotopic (exact) mass is 507 g/mol. The molecule has 1 aliphatic carbocycles. The van der Waals surface area contributed by atoms with Gasteiger partial charge in [-0.3, -0.25) is 14.3 Å². The van der Waals surface area contributed by atoms with E-state index in [0.717, 1.165) is 35.4 Å². The first kappa shape index (κ1) is 22.6. The minimum atomic E-state index is -0.109. The van der Waals surface area contributed by atoms with E-state index in [9.17, 15) is 4.79 Å². The van der Waals surface area contributed by atoms with Gasteiger partial charge in [0, 0.05) is 42.0 Å². The third-order valence-electron chi connectivity index (χ3n) is 6.98. The van der Waals surface area contributed by atoms with Crippen molar-refractivity contribution >= 4 is 33.2 Å². The Hall–Kier alpha value is -2.87. The van der Waals surface area contributed by atoms with Crippen LogP contribution in [0.5, 0.6) is 11.5 Å². The van der Waals surface area contributed by atoms with Crippen LogP contribution in [0.4, 0.5) is 0 Å². The molecular formula is C27H26ClN3O3S. The molecule has 180 valence electrons. The molecule has 1 saturated heterocycles. The second-order valence-corrected chi connectivity index (χ2v) is 10.6. The summed E-state index contributed by atoms with van der Waals surface area (Å²) in [5.41, 5.74) is 2.24. The molecule has 0 bridgehead atoms. The van der Waals surface area contributed by atoms with Gasteiger partial charge in [-0.15, -0.1) is 11.3 Å². The number of halogens is 1. The first-order valence-corrected chi connectivity index (χ1v) is 13.2. The smallest absolute Gasteiger partial charge is 0.274 e. The number of thiazole rings is 1. The fourth-order valence-corrected chi connectivity index (χ4v) is 6.16. The summed E-state index contributed by atoms with van der Waals surface area (Å²) in [5.74, 6) is 1.34. The van der Waals surface area contributed by atoms with E-state index in [1.165, 1.54) is 37.0 Å². The highest BCUT2D eigenvalue weighted by atomic mass is 35.5. The maximum absolute atomic E-state index is 13.3. The fourth-order valence-electron chi connectivity index (χ4n) is 5.03. The highest BCUT2D eigenvalue weighted by Gasteiger charge is 2.35. The highest BCUT2D eigenvalue weighted by molar-refractivity contribution is 7.21. The topological polar surface area (TPSA) is 56.6 Å². The second-order valence-electron chi connectivity index (χ2n) is 9.20. The summed E-state index contributed by atoms with van der Waals surface area (Å²) in [6.07, 6.45) is 7.25. The van der Waals surface area contributed by atoms with E-state index in [1.54, 1.807) is 17.9 Å². The lowest BCUT2D eigenvalue weighted by Gasteiger charge is -2.42. The molecule has 2 aromatic carbocycles. The minimum Gasteiger partial charge on any atom is -0.493 e. The lowest BCUT2D eigenvalue weighted by atomic mass is 10.1. The number of hydrogen-bond donors (Lipinski definition) is 0. The van der Waals surface area contributed by atoms with Gasteiger partial charge in [-0.2, -0.15) is 0 Å². The number of rotatable bonds is 6. The van der Waals surface area contributed by atoms with Crippen molar-refractivity contribution < 1.29 is 9.47 Å². The van der Waals surface area contributed by atoms with Gasteiger partial charge in [0.25, 0.3) is 5.56 Å². The van der Waals surface area contributed by atoms with E-state index in [-0.39, 0.29) is 11.7 Å². The van der Waals surface area contributed by atoms with E-state index in [1.807, 2.05) is 48.5 Å². The Labute approximate surface area is 212 Å². The molecule has 1 saturated carbocycles. The molecule has 35 heavy (non-hydrogen) atoms. The maximum atomic E-state index is 13.3. The summed E-state index contributed by atoms with van der Waals surface area (Å²) < 4.78 is 14.1. The molecule has 2 aromatic heterocycles. The van der Waals surface area contributed by atoms with Crippen LogP contribution >= 0.6 is 22.9 Å².